The number of para-hydroxylation sites is 1. The summed E-state index contributed by atoms with van der Waals surface area (Å²) in [5.74, 6) is -0.496. The van der Waals surface area contributed by atoms with Crippen molar-refractivity contribution < 1.29 is 14.4 Å². The zero-order chi connectivity index (χ0) is 20.8. The van der Waals surface area contributed by atoms with Gasteiger partial charge in [-0.25, -0.2) is 4.79 Å². The third-order valence-electron chi connectivity index (χ3n) is 5.92. The Morgan fingerprint density at radius 1 is 1.17 bits per heavy atom. The van der Waals surface area contributed by atoms with E-state index in [4.69, 9.17) is 0 Å². The van der Waals surface area contributed by atoms with Crippen LogP contribution in [0, 0.1) is 6.92 Å². The summed E-state index contributed by atoms with van der Waals surface area (Å²) >= 11 is 0. The topological polar surface area (TPSA) is 78.5 Å². The van der Waals surface area contributed by atoms with Crippen molar-refractivity contribution >= 4 is 23.5 Å². The molecule has 2 aromatic rings. The van der Waals surface area contributed by atoms with Gasteiger partial charge in [0.2, 0.25) is 5.91 Å². The summed E-state index contributed by atoms with van der Waals surface area (Å²) in [5, 5.41) is 5.77. The molecule has 0 unspecified atom stereocenters. The molecule has 29 heavy (non-hydrogen) atoms. The molecular formula is C23H25N3O3. The molecule has 1 fully saturated rings. The molecule has 150 valence electrons. The van der Waals surface area contributed by atoms with E-state index in [-0.39, 0.29) is 24.3 Å². The van der Waals surface area contributed by atoms with Crippen molar-refractivity contribution in [3.63, 3.8) is 0 Å². The van der Waals surface area contributed by atoms with E-state index in [2.05, 4.69) is 24.5 Å². The summed E-state index contributed by atoms with van der Waals surface area (Å²) in [6.45, 7) is 5.74. The van der Waals surface area contributed by atoms with E-state index in [0.29, 0.717) is 6.42 Å². The second-order valence-corrected chi connectivity index (χ2v) is 8.13. The van der Waals surface area contributed by atoms with Gasteiger partial charge in [-0.1, -0.05) is 56.3 Å². The summed E-state index contributed by atoms with van der Waals surface area (Å²) in [6, 6.07) is 13.0. The first-order valence-electron chi connectivity index (χ1n) is 9.95. The first-order valence-corrected chi connectivity index (χ1v) is 9.95. The molecule has 1 spiro atoms. The lowest BCUT2D eigenvalue weighted by Crippen LogP contribution is -2.43. The molecule has 4 rings (SSSR count). The van der Waals surface area contributed by atoms with Gasteiger partial charge < -0.3 is 10.6 Å². The molecule has 6 heteroatoms. The summed E-state index contributed by atoms with van der Waals surface area (Å²) < 4.78 is 0. The van der Waals surface area contributed by atoms with Crippen LogP contribution in [0.15, 0.2) is 42.5 Å². The average Bonchev–Trinajstić information content (AvgIpc) is 3.17. The van der Waals surface area contributed by atoms with Crippen LogP contribution < -0.4 is 10.6 Å². The summed E-state index contributed by atoms with van der Waals surface area (Å²) in [4.78, 5) is 39.6. The predicted octanol–water partition coefficient (Wildman–Crippen LogP) is 3.45. The van der Waals surface area contributed by atoms with Crippen LogP contribution in [-0.2, 0) is 21.5 Å². The summed E-state index contributed by atoms with van der Waals surface area (Å²) in [7, 11) is 0. The van der Waals surface area contributed by atoms with Gasteiger partial charge in [-0.3, -0.25) is 14.5 Å². The normalized spacial score (nSPS) is 20.3. The second kappa shape index (κ2) is 7.03. The van der Waals surface area contributed by atoms with Crippen LogP contribution in [0.2, 0.25) is 0 Å². The van der Waals surface area contributed by atoms with E-state index in [1.165, 1.54) is 0 Å². The van der Waals surface area contributed by atoms with Gasteiger partial charge in [0.15, 0.2) is 0 Å². The van der Waals surface area contributed by atoms with Crippen LogP contribution >= 0.6 is 0 Å². The van der Waals surface area contributed by atoms with E-state index in [0.717, 1.165) is 39.3 Å². The van der Waals surface area contributed by atoms with E-state index < -0.39 is 11.6 Å². The number of hydrogen-bond donors (Lipinski definition) is 2. The second-order valence-electron chi connectivity index (χ2n) is 8.13. The fraction of sp³-hybridized carbons (Fsp3) is 0.348. The number of aryl methyl sites for hydroxylation is 2. The minimum atomic E-state index is -1.04. The van der Waals surface area contributed by atoms with Crippen molar-refractivity contribution in [2.45, 2.75) is 45.1 Å². The number of carbonyl (C=O) groups is 3. The molecule has 1 atom stereocenters. The van der Waals surface area contributed by atoms with E-state index in [9.17, 15) is 14.4 Å². The number of carbonyl (C=O) groups excluding carboxylic acids is 3. The Labute approximate surface area is 170 Å². The lowest BCUT2D eigenvalue weighted by atomic mass is 9.92. The molecule has 0 aromatic heterocycles. The quantitative estimate of drug-likeness (QED) is 0.784. The van der Waals surface area contributed by atoms with Gasteiger partial charge >= 0.3 is 6.03 Å². The zero-order valence-electron chi connectivity index (χ0n) is 16.9. The third-order valence-corrected chi connectivity index (χ3v) is 5.92. The molecule has 0 saturated carbocycles. The Bertz CT molecular complexity index is 1010. The lowest BCUT2D eigenvalue weighted by molar-refractivity contribution is -0.134. The molecule has 4 amide bonds. The highest BCUT2D eigenvalue weighted by atomic mass is 16.2. The number of nitrogens with one attached hydrogen (secondary N) is 2. The first-order chi connectivity index (χ1) is 13.8. The number of amides is 4. The molecule has 1 aliphatic carbocycles. The molecule has 1 aliphatic heterocycles. The number of imide groups is 1. The van der Waals surface area contributed by atoms with Gasteiger partial charge in [0.25, 0.3) is 5.91 Å². The number of hydrogen-bond acceptors (Lipinski definition) is 3. The van der Waals surface area contributed by atoms with Crippen LogP contribution in [0.1, 0.15) is 48.4 Å². The molecule has 6 nitrogen and oxygen atoms in total. The maximum Gasteiger partial charge on any atom is 0.325 e. The fourth-order valence-electron chi connectivity index (χ4n) is 4.40. The number of fused-ring (bicyclic) bond motifs is 2. The Kier molecular flexibility index (Phi) is 4.65. The number of rotatable bonds is 4. The van der Waals surface area contributed by atoms with Gasteiger partial charge in [-0.15, -0.1) is 0 Å². The Balaban J connectivity index is 1.55. The summed E-state index contributed by atoms with van der Waals surface area (Å²) in [6.07, 6.45) is 1.24. The molecule has 2 aliphatic rings. The Hall–Kier alpha value is -3.15. The maximum atomic E-state index is 13.2. The Morgan fingerprint density at radius 2 is 1.93 bits per heavy atom. The molecule has 1 heterocycles. The number of nitrogens with zero attached hydrogens (tertiary/aromatic N) is 1. The van der Waals surface area contributed by atoms with Crippen LogP contribution in [0.5, 0.6) is 0 Å². The lowest BCUT2D eigenvalue weighted by Gasteiger charge is -2.22. The fourth-order valence-corrected chi connectivity index (χ4v) is 4.40. The van der Waals surface area contributed by atoms with Crippen LogP contribution in [0.3, 0.4) is 0 Å². The maximum absolute atomic E-state index is 13.2. The van der Waals surface area contributed by atoms with Crippen LogP contribution in [0.25, 0.3) is 0 Å². The minimum Gasteiger partial charge on any atom is -0.324 e. The zero-order valence-corrected chi connectivity index (χ0v) is 16.9. The van der Waals surface area contributed by atoms with Crippen molar-refractivity contribution in [3.05, 3.63) is 64.7 Å². The van der Waals surface area contributed by atoms with Crippen molar-refractivity contribution in [2.75, 3.05) is 11.9 Å². The predicted molar refractivity (Wildman–Crippen MR) is 111 cm³/mol. The molecule has 2 N–H and O–H groups in total. The molecule has 0 bridgehead atoms. The van der Waals surface area contributed by atoms with Crippen molar-refractivity contribution in [1.29, 1.82) is 0 Å². The number of anilines is 1. The molecular weight excluding hydrogens is 366 g/mol. The average molecular weight is 391 g/mol. The highest BCUT2D eigenvalue weighted by Gasteiger charge is 2.55. The van der Waals surface area contributed by atoms with Gasteiger partial charge in [0.05, 0.1) is 0 Å². The van der Waals surface area contributed by atoms with Crippen molar-refractivity contribution in [3.8, 4) is 0 Å². The highest BCUT2D eigenvalue weighted by molar-refractivity contribution is 6.11. The van der Waals surface area contributed by atoms with Crippen LogP contribution in [-0.4, -0.2) is 29.3 Å². The van der Waals surface area contributed by atoms with Crippen molar-refractivity contribution in [2.24, 2.45) is 0 Å². The van der Waals surface area contributed by atoms with E-state index >= 15 is 0 Å². The Morgan fingerprint density at radius 3 is 2.69 bits per heavy atom. The first kappa shape index (κ1) is 19.2. The van der Waals surface area contributed by atoms with Crippen molar-refractivity contribution in [1.82, 2.24) is 10.2 Å². The van der Waals surface area contributed by atoms with E-state index in [1.54, 1.807) is 0 Å². The van der Waals surface area contributed by atoms with Gasteiger partial charge in [0.1, 0.15) is 12.1 Å². The van der Waals surface area contributed by atoms with Crippen LogP contribution in [0.4, 0.5) is 10.5 Å². The monoisotopic (exact) mass is 391 g/mol. The molecule has 2 aromatic carbocycles. The largest absolute Gasteiger partial charge is 0.325 e. The third kappa shape index (κ3) is 3.09. The van der Waals surface area contributed by atoms with Gasteiger partial charge in [-0.2, -0.15) is 0 Å². The smallest absolute Gasteiger partial charge is 0.324 e. The standard InChI is InChI=1S/C23H25N3O3/c1-14(2)17-9-6-7-15(3)20(17)24-19(27)13-26-21(28)23(25-22(26)29)12-11-16-8-4-5-10-18(16)23/h4-10,14H,11-13H2,1-3H3,(H,24,27)(H,25,29)/t23-/m0/s1. The minimum absolute atomic E-state index is 0.236. The molecule has 0 radical (unpaired) electrons. The van der Waals surface area contributed by atoms with Gasteiger partial charge in [-0.05, 0) is 47.9 Å². The number of benzene rings is 2. The number of urea groups is 1. The van der Waals surface area contributed by atoms with E-state index in [1.807, 2.05) is 49.4 Å². The summed E-state index contributed by atoms with van der Waals surface area (Å²) in [5.41, 5.74) is 3.58. The van der Waals surface area contributed by atoms with Gasteiger partial charge in [0, 0.05) is 5.69 Å². The molecule has 1 saturated heterocycles. The SMILES string of the molecule is Cc1cccc(C(C)C)c1NC(=O)CN1C(=O)N[C@]2(CCc3ccccc32)C1=O. The highest BCUT2D eigenvalue weighted by Crippen LogP contribution is 2.41.